The van der Waals surface area contributed by atoms with Crippen LogP contribution in [0.15, 0.2) is 34.8 Å². The molecule has 4 heteroatoms. The summed E-state index contributed by atoms with van der Waals surface area (Å²) in [4.78, 5) is 2.59. The average molecular weight is 355 g/mol. The zero-order chi connectivity index (χ0) is 13.2. The smallest absolute Gasteiger partial charge is 0.0922 e. The Bertz CT molecular complexity index is 556. The molecular formula is C15H15BrOS2. The first-order chi connectivity index (χ1) is 9.24. The van der Waals surface area contributed by atoms with Crippen LogP contribution in [0.5, 0.6) is 0 Å². The Labute approximate surface area is 130 Å². The van der Waals surface area contributed by atoms with Gasteiger partial charge >= 0.3 is 0 Å². The van der Waals surface area contributed by atoms with Gasteiger partial charge in [0.05, 0.1) is 6.10 Å². The van der Waals surface area contributed by atoms with E-state index in [-0.39, 0.29) is 6.10 Å². The molecule has 1 nitrogen and oxygen atoms in total. The van der Waals surface area contributed by atoms with E-state index in [0.717, 1.165) is 27.1 Å². The molecule has 100 valence electrons. The summed E-state index contributed by atoms with van der Waals surface area (Å²) in [6.45, 7) is 0. The lowest BCUT2D eigenvalue weighted by molar-refractivity contribution is 0.182. The van der Waals surface area contributed by atoms with Crippen LogP contribution in [0.4, 0.5) is 0 Å². The molecule has 0 saturated heterocycles. The third-order valence-electron chi connectivity index (χ3n) is 3.35. The molecule has 1 atom stereocenters. The van der Waals surface area contributed by atoms with Gasteiger partial charge in [-0.1, -0.05) is 34.1 Å². The summed E-state index contributed by atoms with van der Waals surface area (Å²) < 4.78 is 1.07. The van der Waals surface area contributed by atoms with Gasteiger partial charge in [0.25, 0.3) is 0 Å². The number of thiophene rings is 1. The van der Waals surface area contributed by atoms with Gasteiger partial charge in [-0.15, -0.1) is 11.3 Å². The molecule has 0 amide bonds. The lowest BCUT2D eigenvalue weighted by Gasteiger charge is -2.10. The van der Waals surface area contributed by atoms with Gasteiger partial charge in [0.2, 0.25) is 0 Å². The first-order valence-corrected chi connectivity index (χ1v) is 9.11. The molecule has 0 fully saturated rings. The quantitative estimate of drug-likeness (QED) is 0.870. The van der Waals surface area contributed by atoms with Gasteiger partial charge in [-0.25, -0.2) is 0 Å². The van der Waals surface area contributed by atoms with Crippen LogP contribution >= 0.6 is 39.0 Å². The molecular weight excluding hydrogens is 340 g/mol. The summed E-state index contributed by atoms with van der Waals surface area (Å²) in [5, 5.41) is 10.4. The van der Waals surface area contributed by atoms with Crippen molar-refractivity contribution < 1.29 is 5.11 Å². The van der Waals surface area contributed by atoms with Crippen LogP contribution in [0.25, 0.3) is 0 Å². The topological polar surface area (TPSA) is 20.2 Å². The Balaban J connectivity index is 1.79. The number of benzene rings is 1. The van der Waals surface area contributed by atoms with Crippen molar-refractivity contribution in [1.82, 2.24) is 0 Å². The van der Waals surface area contributed by atoms with Crippen LogP contribution in [0, 0.1) is 0 Å². The SMILES string of the molecule is OC(Cc1ccccc1Br)c1cc2c(s1)CCSC2. The van der Waals surface area contributed by atoms with E-state index < -0.39 is 0 Å². The predicted octanol–water partition coefficient (Wildman–Crippen LogP) is 4.58. The van der Waals surface area contributed by atoms with Crippen molar-refractivity contribution in [3.63, 3.8) is 0 Å². The van der Waals surface area contributed by atoms with Gasteiger partial charge in [-0.3, -0.25) is 0 Å². The second-order valence-electron chi connectivity index (χ2n) is 4.71. The number of rotatable bonds is 3. The summed E-state index contributed by atoms with van der Waals surface area (Å²) in [7, 11) is 0. The number of halogens is 1. The fraction of sp³-hybridized carbons (Fsp3) is 0.333. The molecule has 1 aliphatic rings. The Hall–Kier alpha value is -0.290. The molecule has 2 heterocycles. The van der Waals surface area contributed by atoms with E-state index in [1.165, 1.54) is 16.2 Å². The first-order valence-electron chi connectivity index (χ1n) is 6.35. The van der Waals surface area contributed by atoms with Gasteiger partial charge in [-0.2, -0.15) is 11.8 Å². The number of hydrogen-bond donors (Lipinski definition) is 1. The van der Waals surface area contributed by atoms with E-state index in [4.69, 9.17) is 0 Å². The van der Waals surface area contributed by atoms with Crippen LogP contribution in [-0.2, 0) is 18.6 Å². The molecule has 0 bridgehead atoms. The molecule has 1 aliphatic heterocycles. The summed E-state index contributed by atoms with van der Waals surface area (Å²) >= 11 is 7.32. The summed E-state index contributed by atoms with van der Waals surface area (Å²) in [6, 6.07) is 10.3. The molecule has 0 saturated carbocycles. The molecule has 0 spiro atoms. The van der Waals surface area contributed by atoms with Gasteiger partial charge in [0.15, 0.2) is 0 Å². The van der Waals surface area contributed by atoms with Crippen LogP contribution < -0.4 is 0 Å². The number of thioether (sulfide) groups is 1. The summed E-state index contributed by atoms with van der Waals surface area (Å²) in [5.74, 6) is 2.32. The minimum absolute atomic E-state index is 0.390. The lowest BCUT2D eigenvalue weighted by Crippen LogP contribution is -2.00. The fourth-order valence-electron chi connectivity index (χ4n) is 2.31. The van der Waals surface area contributed by atoms with Crippen molar-refractivity contribution in [2.24, 2.45) is 0 Å². The normalized spacial score (nSPS) is 16.1. The van der Waals surface area contributed by atoms with E-state index in [9.17, 15) is 5.11 Å². The van der Waals surface area contributed by atoms with E-state index in [1.807, 2.05) is 30.0 Å². The van der Waals surface area contributed by atoms with E-state index in [1.54, 1.807) is 11.3 Å². The molecule has 1 unspecified atom stereocenters. The zero-order valence-electron chi connectivity index (χ0n) is 10.4. The van der Waals surface area contributed by atoms with Crippen molar-refractivity contribution in [1.29, 1.82) is 0 Å². The fourth-order valence-corrected chi connectivity index (χ4v) is 5.12. The van der Waals surface area contributed by atoms with Crippen molar-refractivity contribution in [2.45, 2.75) is 24.7 Å². The minimum Gasteiger partial charge on any atom is -0.387 e. The van der Waals surface area contributed by atoms with Crippen molar-refractivity contribution in [2.75, 3.05) is 5.75 Å². The summed E-state index contributed by atoms with van der Waals surface area (Å²) in [6.07, 6.45) is 1.44. The molecule has 1 aromatic heterocycles. The number of aliphatic hydroxyl groups excluding tert-OH is 1. The monoisotopic (exact) mass is 354 g/mol. The average Bonchev–Trinajstić information content (AvgIpc) is 2.85. The van der Waals surface area contributed by atoms with Crippen LogP contribution in [0.2, 0.25) is 0 Å². The predicted molar refractivity (Wildman–Crippen MR) is 87.0 cm³/mol. The van der Waals surface area contributed by atoms with Crippen molar-refractivity contribution in [3.05, 3.63) is 55.7 Å². The van der Waals surface area contributed by atoms with E-state index in [0.29, 0.717) is 6.42 Å². The third-order valence-corrected chi connectivity index (χ3v) is 6.47. The Morgan fingerprint density at radius 1 is 1.32 bits per heavy atom. The summed E-state index contributed by atoms with van der Waals surface area (Å²) in [5.41, 5.74) is 2.60. The number of aryl methyl sites for hydroxylation is 1. The lowest BCUT2D eigenvalue weighted by atomic mass is 10.1. The number of aliphatic hydroxyl groups is 1. The van der Waals surface area contributed by atoms with E-state index in [2.05, 4.69) is 28.1 Å². The maximum Gasteiger partial charge on any atom is 0.0922 e. The molecule has 1 aromatic carbocycles. The van der Waals surface area contributed by atoms with Crippen molar-refractivity contribution >= 4 is 39.0 Å². The second kappa shape index (κ2) is 6.00. The molecule has 3 rings (SSSR count). The third kappa shape index (κ3) is 3.07. The minimum atomic E-state index is -0.390. The van der Waals surface area contributed by atoms with Crippen molar-refractivity contribution in [3.8, 4) is 0 Å². The maximum atomic E-state index is 10.4. The Morgan fingerprint density at radius 3 is 2.95 bits per heavy atom. The highest BCUT2D eigenvalue weighted by Gasteiger charge is 2.18. The Kier molecular flexibility index (Phi) is 4.32. The maximum absolute atomic E-state index is 10.4. The van der Waals surface area contributed by atoms with Gasteiger partial charge in [0.1, 0.15) is 0 Å². The molecule has 1 N–H and O–H groups in total. The van der Waals surface area contributed by atoms with Gasteiger partial charge in [0, 0.05) is 26.4 Å². The van der Waals surface area contributed by atoms with E-state index >= 15 is 0 Å². The largest absolute Gasteiger partial charge is 0.387 e. The number of hydrogen-bond acceptors (Lipinski definition) is 3. The zero-order valence-corrected chi connectivity index (χ0v) is 13.7. The Morgan fingerprint density at radius 2 is 2.16 bits per heavy atom. The molecule has 0 radical (unpaired) electrons. The number of fused-ring (bicyclic) bond motifs is 1. The van der Waals surface area contributed by atoms with Gasteiger partial charge in [-0.05, 0) is 35.4 Å². The highest BCUT2D eigenvalue weighted by Crippen LogP contribution is 2.35. The van der Waals surface area contributed by atoms with Crippen LogP contribution in [-0.4, -0.2) is 10.9 Å². The molecule has 19 heavy (non-hydrogen) atoms. The van der Waals surface area contributed by atoms with Gasteiger partial charge < -0.3 is 5.11 Å². The first kappa shape index (κ1) is 13.7. The second-order valence-corrected chi connectivity index (χ2v) is 7.84. The highest BCUT2D eigenvalue weighted by molar-refractivity contribution is 9.10. The van der Waals surface area contributed by atoms with Crippen LogP contribution in [0.3, 0.4) is 0 Å². The molecule has 2 aromatic rings. The molecule has 0 aliphatic carbocycles. The standard InChI is InChI=1S/C15H15BrOS2/c16-12-4-2-1-3-10(12)7-13(17)15-8-11-9-18-6-5-14(11)19-15/h1-4,8,13,17H,5-7,9H2. The van der Waals surface area contributed by atoms with Crippen LogP contribution in [0.1, 0.15) is 27.0 Å². The highest BCUT2D eigenvalue weighted by atomic mass is 79.9.